The Balaban J connectivity index is 1.94. The van der Waals surface area contributed by atoms with E-state index in [0.29, 0.717) is 11.1 Å². The predicted molar refractivity (Wildman–Crippen MR) is 80.4 cm³/mol. The third-order valence-electron chi connectivity index (χ3n) is 3.69. The van der Waals surface area contributed by atoms with Crippen LogP contribution in [0.4, 0.5) is 0 Å². The number of hydrogen-bond acceptors (Lipinski definition) is 4. The summed E-state index contributed by atoms with van der Waals surface area (Å²) in [5.41, 5.74) is -0.151. The molecule has 4 nitrogen and oxygen atoms in total. The van der Waals surface area contributed by atoms with E-state index in [0.717, 1.165) is 0 Å². The van der Waals surface area contributed by atoms with Crippen LogP contribution in [0.25, 0.3) is 0 Å². The molecule has 0 spiro atoms. The van der Waals surface area contributed by atoms with Crippen molar-refractivity contribution in [3.8, 4) is 0 Å². The Labute approximate surface area is 128 Å². The number of carbonyl (C=O) groups excluding carboxylic acids is 2. The van der Waals surface area contributed by atoms with E-state index in [2.05, 4.69) is 0 Å². The molecule has 0 N–H and O–H groups in total. The highest BCUT2D eigenvalue weighted by atomic mass is 16.7. The summed E-state index contributed by atoms with van der Waals surface area (Å²) in [5.74, 6) is -0.729. The van der Waals surface area contributed by atoms with Crippen LogP contribution < -0.4 is 0 Å². The molecule has 2 aromatic carbocycles. The summed E-state index contributed by atoms with van der Waals surface area (Å²) in [4.78, 5) is 24.9. The topological polar surface area (TPSA) is 55.9 Å². The molecule has 1 aliphatic rings. The zero-order valence-corrected chi connectivity index (χ0v) is 12.2. The van der Waals surface area contributed by atoms with Gasteiger partial charge in [-0.2, -0.15) is 0 Å². The number of ketones is 1. The maximum absolute atomic E-state index is 12.6. The van der Waals surface area contributed by atoms with Crippen molar-refractivity contribution in [1.82, 2.24) is 0 Å². The molecule has 1 saturated heterocycles. The number of hydrogen-bond donors (Lipinski definition) is 0. The highest BCUT2D eigenvalue weighted by molar-refractivity contribution is 6.07. The molecule has 0 unspecified atom stereocenters. The van der Waals surface area contributed by atoms with Crippen molar-refractivity contribution in [2.24, 2.45) is 0 Å². The van der Waals surface area contributed by atoms with Gasteiger partial charge in [0, 0.05) is 5.56 Å². The standard InChI is InChI=1S/C18H16O4/c1-2-21-17(20)18(14-11-7-4-8-12-14)16(22-18)15(19)13-9-5-3-6-10-13/h3-12,16H,2H2,1H3/t16-,18-/m1/s1. The van der Waals surface area contributed by atoms with Gasteiger partial charge in [-0.3, -0.25) is 4.79 Å². The van der Waals surface area contributed by atoms with Crippen LogP contribution in [-0.4, -0.2) is 24.5 Å². The third kappa shape index (κ3) is 2.31. The minimum absolute atomic E-state index is 0.211. The van der Waals surface area contributed by atoms with Gasteiger partial charge < -0.3 is 9.47 Å². The Hall–Kier alpha value is -2.46. The van der Waals surface area contributed by atoms with Gasteiger partial charge in [0.05, 0.1) is 6.61 Å². The Morgan fingerprint density at radius 1 is 1.05 bits per heavy atom. The van der Waals surface area contributed by atoms with E-state index < -0.39 is 17.7 Å². The van der Waals surface area contributed by atoms with Crippen molar-refractivity contribution in [2.45, 2.75) is 18.6 Å². The first-order valence-electron chi connectivity index (χ1n) is 7.20. The van der Waals surface area contributed by atoms with E-state index in [9.17, 15) is 9.59 Å². The molecule has 1 aliphatic heterocycles. The number of Topliss-reactive ketones (excluding diaryl/α,β-unsaturated/α-hetero) is 1. The molecule has 0 amide bonds. The maximum Gasteiger partial charge on any atom is 0.346 e. The zero-order valence-electron chi connectivity index (χ0n) is 12.2. The average Bonchev–Trinajstić information content (AvgIpc) is 3.33. The fourth-order valence-electron chi connectivity index (χ4n) is 2.56. The first-order chi connectivity index (χ1) is 10.7. The number of epoxide rings is 1. The van der Waals surface area contributed by atoms with Gasteiger partial charge in [0.25, 0.3) is 0 Å². The van der Waals surface area contributed by atoms with Crippen LogP contribution in [-0.2, 0) is 19.9 Å². The fourth-order valence-corrected chi connectivity index (χ4v) is 2.56. The summed E-state index contributed by atoms with van der Waals surface area (Å²) in [6, 6.07) is 17.8. The second-order valence-corrected chi connectivity index (χ2v) is 5.05. The summed E-state index contributed by atoms with van der Waals surface area (Å²) < 4.78 is 10.7. The minimum atomic E-state index is -1.32. The van der Waals surface area contributed by atoms with Crippen LogP contribution >= 0.6 is 0 Å². The molecule has 0 bridgehead atoms. The zero-order chi connectivity index (χ0) is 15.6. The molecule has 0 radical (unpaired) electrons. The quantitative estimate of drug-likeness (QED) is 0.483. The van der Waals surface area contributed by atoms with E-state index in [1.54, 1.807) is 43.3 Å². The lowest BCUT2D eigenvalue weighted by Gasteiger charge is -2.12. The van der Waals surface area contributed by atoms with Gasteiger partial charge in [-0.05, 0) is 12.5 Å². The van der Waals surface area contributed by atoms with Crippen molar-refractivity contribution in [2.75, 3.05) is 6.61 Å². The van der Waals surface area contributed by atoms with E-state index in [1.165, 1.54) is 0 Å². The van der Waals surface area contributed by atoms with Crippen molar-refractivity contribution in [3.05, 3.63) is 71.8 Å². The smallest absolute Gasteiger partial charge is 0.346 e. The van der Waals surface area contributed by atoms with Gasteiger partial charge in [0.2, 0.25) is 5.60 Å². The summed E-state index contributed by atoms with van der Waals surface area (Å²) >= 11 is 0. The highest BCUT2D eigenvalue weighted by Crippen LogP contribution is 2.48. The molecule has 1 heterocycles. The molecule has 0 aliphatic carbocycles. The molecule has 4 heteroatoms. The lowest BCUT2D eigenvalue weighted by Crippen LogP contribution is -2.30. The SMILES string of the molecule is CCOC(=O)[C@]1(c2ccccc2)O[C@@H]1C(=O)c1ccccc1. The first kappa shape index (κ1) is 14.5. The monoisotopic (exact) mass is 296 g/mol. The van der Waals surface area contributed by atoms with Crippen LogP contribution in [0, 0.1) is 0 Å². The van der Waals surface area contributed by atoms with Gasteiger partial charge in [0.15, 0.2) is 11.9 Å². The summed E-state index contributed by atoms with van der Waals surface area (Å²) in [6.45, 7) is 1.97. The van der Waals surface area contributed by atoms with E-state index in [4.69, 9.17) is 9.47 Å². The molecular formula is C18H16O4. The largest absolute Gasteiger partial charge is 0.463 e. The van der Waals surface area contributed by atoms with Gasteiger partial charge in [0.1, 0.15) is 0 Å². The van der Waals surface area contributed by atoms with E-state index in [-0.39, 0.29) is 12.4 Å². The van der Waals surface area contributed by atoms with Gasteiger partial charge in [-0.1, -0.05) is 60.7 Å². The summed E-state index contributed by atoms with van der Waals surface area (Å²) in [5, 5.41) is 0. The molecule has 2 aromatic rings. The second kappa shape index (κ2) is 5.73. The number of ether oxygens (including phenoxy) is 2. The molecule has 22 heavy (non-hydrogen) atoms. The second-order valence-electron chi connectivity index (χ2n) is 5.05. The van der Waals surface area contributed by atoms with Crippen molar-refractivity contribution < 1.29 is 19.1 Å². The number of benzene rings is 2. The lowest BCUT2D eigenvalue weighted by atomic mass is 9.91. The number of rotatable bonds is 5. The van der Waals surface area contributed by atoms with E-state index >= 15 is 0 Å². The summed E-state index contributed by atoms with van der Waals surface area (Å²) in [7, 11) is 0. The molecule has 112 valence electrons. The van der Waals surface area contributed by atoms with Gasteiger partial charge in [-0.15, -0.1) is 0 Å². The maximum atomic E-state index is 12.6. The Morgan fingerprint density at radius 2 is 1.64 bits per heavy atom. The van der Waals surface area contributed by atoms with Gasteiger partial charge in [-0.25, -0.2) is 4.79 Å². The fraction of sp³-hybridized carbons (Fsp3) is 0.222. The molecule has 2 atom stereocenters. The molecule has 3 rings (SSSR count). The molecular weight excluding hydrogens is 280 g/mol. The molecule has 0 saturated carbocycles. The average molecular weight is 296 g/mol. The van der Waals surface area contributed by atoms with Gasteiger partial charge >= 0.3 is 5.97 Å². The summed E-state index contributed by atoms with van der Waals surface area (Å²) in [6.07, 6.45) is -0.837. The van der Waals surface area contributed by atoms with Crippen molar-refractivity contribution in [3.63, 3.8) is 0 Å². The lowest BCUT2D eigenvalue weighted by molar-refractivity contribution is -0.149. The van der Waals surface area contributed by atoms with Crippen molar-refractivity contribution >= 4 is 11.8 Å². The van der Waals surface area contributed by atoms with Crippen LogP contribution in [0.15, 0.2) is 60.7 Å². The Kier molecular flexibility index (Phi) is 3.77. The normalized spacial score (nSPS) is 22.9. The predicted octanol–water partition coefficient (Wildman–Crippen LogP) is 2.73. The highest BCUT2D eigenvalue weighted by Gasteiger charge is 2.68. The Morgan fingerprint density at radius 3 is 2.23 bits per heavy atom. The third-order valence-corrected chi connectivity index (χ3v) is 3.69. The van der Waals surface area contributed by atoms with Crippen LogP contribution in [0.3, 0.4) is 0 Å². The van der Waals surface area contributed by atoms with Crippen LogP contribution in [0.1, 0.15) is 22.8 Å². The minimum Gasteiger partial charge on any atom is -0.463 e. The molecule has 0 aromatic heterocycles. The number of esters is 1. The van der Waals surface area contributed by atoms with Crippen LogP contribution in [0.2, 0.25) is 0 Å². The first-order valence-corrected chi connectivity index (χ1v) is 7.20. The number of carbonyl (C=O) groups is 2. The van der Waals surface area contributed by atoms with Crippen molar-refractivity contribution in [1.29, 1.82) is 0 Å². The van der Waals surface area contributed by atoms with Crippen LogP contribution in [0.5, 0.6) is 0 Å². The van der Waals surface area contributed by atoms with E-state index in [1.807, 2.05) is 24.3 Å². The Bertz CT molecular complexity index is 681. The molecule has 1 fully saturated rings.